The first-order valence-electron chi connectivity index (χ1n) is 11.5. The summed E-state index contributed by atoms with van der Waals surface area (Å²) in [5.41, 5.74) is 4.10. The van der Waals surface area contributed by atoms with Crippen LogP contribution in [0, 0.1) is 6.92 Å². The smallest absolute Gasteiger partial charge is 0.222 e. The fraction of sp³-hybridized carbons (Fsp3) is 0.480. The Morgan fingerprint density at radius 1 is 1.12 bits per heavy atom. The molecule has 1 N–H and O–H groups in total. The van der Waals surface area contributed by atoms with Crippen molar-refractivity contribution in [2.75, 3.05) is 32.5 Å². The van der Waals surface area contributed by atoms with Crippen LogP contribution in [-0.2, 0) is 4.79 Å². The molecular formula is C25H38N6OS. The maximum absolute atomic E-state index is 10.9. The lowest BCUT2D eigenvalue weighted by Crippen LogP contribution is -2.29. The highest BCUT2D eigenvalue weighted by molar-refractivity contribution is 7.97. The Balaban J connectivity index is 0.000000365. The van der Waals surface area contributed by atoms with Gasteiger partial charge in [0.05, 0.1) is 6.20 Å². The van der Waals surface area contributed by atoms with Crippen LogP contribution < -0.4 is 5.32 Å². The number of carbonyl (C=O) groups excluding carboxylic acids is 1. The average Bonchev–Trinajstić information content (AvgIpc) is 3.20. The molecular weight excluding hydrogens is 432 g/mol. The van der Waals surface area contributed by atoms with Crippen LogP contribution in [0.3, 0.4) is 0 Å². The SMILES string of the molecule is CCC(=O)N(CC)CC.Cc1cc(Nc2ccc(SN(C)C)cc2)n2ncc(C(C)C)c2n1. The fourth-order valence-electron chi connectivity index (χ4n) is 3.36. The number of anilines is 2. The quantitative estimate of drug-likeness (QED) is 0.424. The molecule has 0 aliphatic heterocycles. The molecule has 0 aliphatic carbocycles. The second-order valence-electron chi connectivity index (χ2n) is 8.25. The van der Waals surface area contributed by atoms with E-state index in [1.165, 1.54) is 10.5 Å². The minimum atomic E-state index is 0.250. The molecule has 7 nitrogen and oxygen atoms in total. The number of amides is 1. The van der Waals surface area contributed by atoms with E-state index in [0.717, 1.165) is 35.9 Å². The predicted octanol–water partition coefficient (Wildman–Crippen LogP) is 5.74. The highest BCUT2D eigenvalue weighted by Gasteiger charge is 2.13. The number of nitrogens with zero attached hydrogens (tertiary/aromatic N) is 5. The predicted molar refractivity (Wildman–Crippen MR) is 139 cm³/mol. The maximum atomic E-state index is 10.9. The van der Waals surface area contributed by atoms with Crippen LogP contribution in [-0.4, -0.2) is 56.9 Å². The van der Waals surface area contributed by atoms with Crippen LogP contribution in [0.15, 0.2) is 41.4 Å². The lowest BCUT2D eigenvalue weighted by atomic mass is 10.1. The number of rotatable bonds is 8. The molecule has 180 valence electrons. The standard InChI is InChI=1S/C18H23N5S.C7H15NO/c1-12(2)16-11-19-23-17(10-13(3)20-18(16)23)21-14-6-8-15(9-7-14)24-22(4)5;1-4-7(9)8(5-2)6-3/h6-12,21H,1-5H3;4-6H2,1-3H3. The van der Waals surface area contributed by atoms with E-state index in [2.05, 4.69) is 57.8 Å². The highest BCUT2D eigenvalue weighted by atomic mass is 32.2. The van der Waals surface area contributed by atoms with Crippen LogP contribution in [0.4, 0.5) is 11.5 Å². The number of carbonyl (C=O) groups is 1. The van der Waals surface area contributed by atoms with Gasteiger partial charge in [-0.3, -0.25) is 9.10 Å². The van der Waals surface area contributed by atoms with Gasteiger partial charge in [0.1, 0.15) is 5.82 Å². The molecule has 0 aliphatic rings. The number of aryl methyl sites for hydroxylation is 1. The van der Waals surface area contributed by atoms with Crippen LogP contribution in [0.5, 0.6) is 0 Å². The first-order valence-corrected chi connectivity index (χ1v) is 12.3. The molecule has 2 heterocycles. The normalized spacial score (nSPS) is 11.0. The van der Waals surface area contributed by atoms with Crippen LogP contribution in [0.25, 0.3) is 5.65 Å². The van der Waals surface area contributed by atoms with Crippen molar-refractivity contribution in [2.45, 2.75) is 58.8 Å². The monoisotopic (exact) mass is 470 g/mol. The average molecular weight is 471 g/mol. The van der Waals surface area contributed by atoms with E-state index in [-0.39, 0.29) is 5.91 Å². The van der Waals surface area contributed by atoms with E-state index >= 15 is 0 Å². The number of fused-ring (bicyclic) bond motifs is 1. The molecule has 0 atom stereocenters. The van der Waals surface area contributed by atoms with Crippen molar-refractivity contribution in [2.24, 2.45) is 0 Å². The Labute approximate surface area is 202 Å². The third kappa shape index (κ3) is 7.47. The van der Waals surface area contributed by atoms with Crippen LogP contribution in [0.2, 0.25) is 0 Å². The first-order chi connectivity index (χ1) is 15.7. The van der Waals surface area contributed by atoms with Crippen molar-refractivity contribution < 1.29 is 4.79 Å². The molecule has 0 radical (unpaired) electrons. The van der Waals surface area contributed by atoms with Crippen LogP contribution in [0.1, 0.15) is 58.2 Å². The summed E-state index contributed by atoms with van der Waals surface area (Å²) in [5.74, 6) is 1.57. The van der Waals surface area contributed by atoms with E-state index in [1.54, 1.807) is 11.9 Å². The summed E-state index contributed by atoms with van der Waals surface area (Å²) >= 11 is 1.70. The zero-order chi connectivity index (χ0) is 24.5. The second kappa shape index (κ2) is 12.6. The lowest BCUT2D eigenvalue weighted by Gasteiger charge is -2.16. The topological polar surface area (TPSA) is 65.8 Å². The molecule has 0 bridgehead atoms. The van der Waals surface area contributed by atoms with Gasteiger partial charge in [-0.25, -0.2) is 4.98 Å². The second-order valence-corrected chi connectivity index (χ2v) is 9.63. The molecule has 3 rings (SSSR count). The minimum Gasteiger partial charge on any atom is -0.343 e. The van der Waals surface area contributed by atoms with Gasteiger partial charge in [0, 0.05) is 47.4 Å². The molecule has 0 saturated carbocycles. The molecule has 3 aromatic rings. The molecule has 0 fully saturated rings. The zero-order valence-electron chi connectivity index (χ0n) is 21.2. The van der Waals surface area contributed by atoms with Crippen molar-refractivity contribution in [1.29, 1.82) is 0 Å². The summed E-state index contributed by atoms with van der Waals surface area (Å²) in [5, 5.41) is 7.97. The summed E-state index contributed by atoms with van der Waals surface area (Å²) < 4.78 is 3.96. The number of benzene rings is 1. The largest absolute Gasteiger partial charge is 0.343 e. The first kappa shape index (κ1) is 26.7. The van der Waals surface area contributed by atoms with E-state index in [4.69, 9.17) is 0 Å². The third-order valence-corrected chi connectivity index (χ3v) is 5.93. The van der Waals surface area contributed by atoms with Crippen molar-refractivity contribution in [3.05, 3.63) is 47.8 Å². The molecule has 0 spiro atoms. The van der Waals surface area contributed by atoms with E-state index < -0.39 is 0 Å². The number of aromatic nitrogens is 3. The Hall–Kier alpha value is -2.58. The molecule has 2 aromatic heterocycles. The van der Waals surface area contributed by atoms with E-state index in [9.17, 15) is 4.79 Å². The highest BCUT2D eigenvalue weighted by Crippen LogP contribution is 2.26. The minimum absolute atomic E-state index is 0.250. The van der Waals surface area contributed by atoms with Crippen molar-refractivity contribution in [1.82, 2.24) is 23.8 Å². The van der Waals surface area contributed by atoms with Crippen molar-refractivity contribution in [3.63, 3.8) is 0 Å². The van der Waals surface area contributed by atoms with Gasteiger partial charge in [-0.15, -0.1) is 0 Å². The molecule has 0 saturated heterocycles. The van der Waals surface area contributed by atoms with Gasteiger partial charge in [-0.2, -0.15) is 9.61 Å². The van der Waals surface area contributed by atoms with Gasteiger partial charge < -0.3 is 10.2 Å². The number of hydrogen-bond acceptors (Lipinski definition) is 6. The van der Waals surface area contributed by atoms with Gasteiger partial charge in [0.15, 0.2) is 5.65 Å². The Morgan fingerprint density at radius 2 is 1.76 bits per heavy atom. The summed E-state index contributed by atoms with van der Waals surface area (Å²) in [4.78, 5) is 18.6. The fourth-order valence-corrected chi connectivity index (χ4v) is 4.03. The van der Waals surface area contributed by atoms with Gasteiger partial charge >= 0.3 is 0 Å². The summed E-state index contributed by atoms with van der Waals surface area (Å²) in [6, 6.07) is 10.4. The van der Waals surface area contributed by atoms with Gasteiger partial charge in [0.2, 0.25) is 5.91 Å². The Morgan fingerprint density at radius 3 is 2.24 bits per heavy atom. The van der Waals surface area contributed by atoms with E-state index in [0.29, 0.717) is 12.3 Å². The zero-order valence-corrected chi connectivity index (χ0v) is 22.0. The third-order valence-electron chi connectivity index (χ3n) is 5.08. The van der Waals surface area contributed by atoms with Crippen molar-refractivity contribution >= 4 is 35.0 Å². The van der Waals surface area contributed by atoms with E-state index in [1.807, 2.05) is 63.5 Å². The lowest BCUT2D eigenvalue weighted by molar-refractivity contribution is -0.130. The van der Waals surface area contributed by atoms with Crippen LogP contribution >= 0.6 is 11.9 Å². The molecule has 1 aromatic carbocycles. The summed E-state index contributed by atoms with van der Waals surface area (Å²) in [6.45, 7) is 13.9. The maximum Gasteiger partial charge on any atom is 0.222 e. The molecule has 8 heteroatoms. The molecule has 1 amide bonds. The molecule has 33 heavy (non-hydrogen) atoms. The Bertz CT molecular complexity index is 1030. The Kier molecular flexibility index (Phi) is 10.2. The van der Waals surface area contributed by atoms with Gasteiger partial charge in [-0.05, 0) is 77.0 Å². The van der Waals surface area contributed by atoms with Crippen molar-refractivity contribution in [3.8, 4) is 0 Å². The number of hydrogen-bond donors (Lipinski definition) is 1. The van der Waals surface area contributed by atoms with Gasteiger partial charge in [-0.1, -0.05) is 20.8 Å². The number of nitrogens with one attached hydrogen (secondary N) is 1. The summed E-state index contributed by atoms with van der Waals surface area (Å²) in [7, 11) is 4.08. The van der Waals surface area contributed by atoms with Gasteiger partial charge in [0.25, 0.3) is 0 Å². The molecule has 0 unspecified atom stereocenters. The summed E-state index contributed by atoms with van der Waals surface area (Å²) in [6.07, 6.45) is 2.54.